The first-order valence-corrected chi connectivity index (χ1v) is 6.97. The van der Waals surface area contributed by atoms with Crippen molar-refractivity contribution in [2.45, 2.75) is 44.2 Å². The normalized spacial score (nSPS) is 38.6. The molecule has 14 heavy (non-hydrogen) atoms. The molecular weight excluding hydrogens is 200 g/mol. The van der Waals surface area contributed by atoms with Crippen LogP contribution in [0.4, 0.5) is 0 Å². The lowest BCUT2D eigenvalue weighted by Gasteiger charge is -2.33. The molecule has 1 saturated carbocycles. The van der Waals surface area contributed by atoms with Gasteiger partial charge in [0.05, 0.1) is 5.75 Å². The maximum absolute atomic E-state index is 11.8. The third-order valence-corrected chi connectivity index (χ3v) is 5.26. The summed E-state index contributed by atoms with van der Waals surface area (Å²) in [6, 6.07) is 0.142. The van der Waals surface area contributed by atoms with Crippen molar-refractivity contribution in [3.8, 4) is 0 Å². The van der Waals surface area contributed by atoms with E-state index in [1.807, 2.05) is 0 Å². The van der Waals surface area contributed by atoms with Crippen molar-refractivity contribution in [1.82, 2.24) is 4.31 Å². The highest BCUT2D eigenvalue weighted by atomic mass is 32.2. The molecular formula is C9H18N2O2S. The van der Waals surface area contributed by atoms with E-state index in [0.29, 0.717) is 12.3 Å². The highest BCUT2D eigenvalue weighted by Crippen LogP contribution is 2.27. The number of hydrogen-bond acceptors (Lipinski definition) is 3. The van der Waals surface area contributed by atoms with E-state index >= 15 is 0 Å². The van der Waals surface area contributed by atoms with Crippen LogP contribution < -0.4 is 5.73 Å². The molecule has 1 saturated heterocycles. The third-order valence-electron chi connectivity index (χ3n) is 3.29. The van der Waals surface area contributed by atoms with Crippen LogP contribution >= 0.6 is 0 Å². The molecule has 5 heteroatoms. The predicted molar refractivity (Wildman–Crippen MR) is 55.3 cm³/mol. The SMILES string of the molecule is NC1CCCC1N1CCCCS1(=O)=O. The van der Waals surface area contributed by atoms with Crippen molar-refractivity contribution < 1.29 is 8.42 Å². The molecule has 0 aromatic carbocycles. The first kappa shape index (κ1) is 10.4. The lowest BCUT2D eigenvalue weighted by atomic mass is 10.2. The first-order chi connectivity index (χ1) is 6.61. The average molecular weight is 218 g/mol. The van der Waals surface area contributed by atoms with E-state index in [1.165, 1.54) is 0 Å². The molecule has 2 fully saturated rings. The van der Waals surface area contributed by atoms with E-state index < -0.39 is 10.0 Å². The Morgan fingerprint density at radius 3 is 2.50 bits per heavy atom. The summed E-state index contributed by atoms with van der Waals surface area (Å²) in [5.74, 6) is 0.316. The molecule has 2 atom stereocenters. The van der Waals surface area contributed by atoms with Crippen LogP contribution in [0.2, 0.25) is 0 Å². The van der Waals surface area contributed by atoms with Crippen LogP contribution in [0.15, 0.2) is 0 Å². The van der Waals surface area contributed by atoms with Gasteiger partial charge in [0.15, 0.2) is 0 Å². The Labute approximate surface area is 85.5 Å². The van der Waals surface area contributed by atoms with Crippen LogP contribution in [0, 0.1) is 0 Å². The number of nitrogens with zero attached hydrogens (tertiary/aromatic N) is 1. The largest absolute Gasteiger partial charge is 0.326 e. The second-order valence-electron chi connectivity index (χ2n) is 4.30. The molecule has 4 nitrogen and oxygen atoms in total. The molecule has 0 aromatic heterocycles. The molecule has 0 aromatic rings. The van der Waals surface area contributed by atoms with Gasteiger partial charge in [-0.1, -0.05) is 6.42 Å². The summed E-state index contributed by atoms with van der Waals surface area (Å²) in [6.45, 7) is 0.681. The van der Waals surface area contributed by atoms with E-state index in [1.54, 1.807) is 4.31 Å². The summed E-state index contributed by atoms with van der Waals surface area (Å²) in [7, 11) is -2.99. The molecule has 2 rings (SSSR count). The zero-order chi connectivity index (χ0) is 10.2. The van der Waals surface area contributed by atoms with Gasteiger partial charge in [-0.25, -0.2) is 8.42 Å². The van der Waals surface area contributed by atoms with Crippen LogP contribution in [0.3, 0.4) is 0 Å². The van der Waals surface area contributed by atoms with Crippen molar-refractivity contribution in [1.29, 1.82) is 0 Å². The second-order valence-corrected chi connectivity index (χ2v) is 6.34. The average Bonchev–Trinajstić information content (AvgIpc) is 2.51. The maximum Gasteiger partial charge on any atom is 0.214 e. The molecule has 1 aliphatic carbocycles. The van der Waals surface area contributed by atoms with Crippen molar-refractivity contribution in [2.24, 2.45) is 5.73 Å². The molecule has 0 radical (unpaired) electrons. The molecule has 0 bridgehead atoms. The van der Waals surface area contributed by atoms with Gasteiger partial charge in [-0.05, 0) is 25.7 Å². The van der Waals surface area contributed by atoms with Gasteiger partial charge in [-0.3, -0.25) is 0 Å². The van der Waals surface area contributed by atoms with E-state index in [9.17, 15) is 8.42 Å². The van der Waals surface area contributed by atoms with Crippen LogP contribution in [0.1, 0.15) is 32.1 Å². The summed E-state index contributed by atoms with van der Waals surface area (Å²) in [5, 5.41) is 0. The van der Waals surface area contributed by atoms with Gasteiger partial charge in [-0.2, -0.15) is 4.31 Å². The van der Waals surface area contributed by atoms with Crippen LogP contribution in [0.25, 0.3) is 0 Å². The minimum Gasteiger partial charge on any atom is -0.326 e. The summed E-state index contributed by atoms with van der Waals surface area (Å²) >= 11 is 0. The maximum atomic E-state index is 11.8. The number of sulfonamides is 1. The highest BCUT2D eigenvalue weighted by molar-refractivity contribution is 7.89. The quantitative estimate of drug-likeness (QED) is 0.688. The van der Waals surface area contributed by atoms with E-state index in [4.69, 9.17) is 5.73 Å². The zero-order valence-electron chi connectivity index (χ0n) is 8.35. The van der Waals surface area contributed by atoms with Crippen molar-refractivity contribution in [3.05, 3.63) is 0 Å². The lowest BCUT2D eigenvalue weighted by molar-refractivity contribution is 0.286. The minimum atomic E-state index is -2.99. The van der Waals surface area contributed by atoms with Gasteiger partial charge in [-0.15, -0.1) is 0 Å². The summed E-state index contributed by atoms with van der Waals surface area (Å²) < 4.78 is 25.2. The van der Waals surface area contributed by atoms with Crippen LogP contribution in [0.5, 0.6) is 0 Å². The monoisotopic (exact) mass is 218 g/mol. The lowest BCUT2D eigenvalue weighted by Crippen LogP contribution is -2.50. The number of rotatable bonds is 1. The Bertz CT molecular complexity index is 302. The molecule has 0 spiro atoms. The van der Waals surface area contributed by atoms with Gasteiger partial charge >= 0.3 is 0 Å². The predicted octanol–water partition coefficient (Wildman–Crippen LogP) is 0.292. The van der Waals surface area contributed by atoms with E-state index in [0.717, 1.165) is 32.1 Å². The number of hydrogen-bond donors (Lipinski definition) is 1. The Balaban J connectivity index is 2.15. The Kier molecular flexibility index (Phi) is 2.81. The van der Waals surface area contributed by atoms with Gasteiger partial charge in [0.1, 0.15) is 0 Å². The molecule has 1 heterocycles. The molecule has 82 valence electrons. The Hall–Kier alpha value is -0.130. The highest BCUT2D eigenvalue weighted by Gasteiger charge is 2.37. The minimum absolute atomic E-state index is 0.0582. The first-order valence-electron chi connectivity index (χ1n) is 5.36. The second kappa shape index (κ2) is 3.79. The van der Waals surface area contributed by atoms with Gasteiger partial charge in [0.2, 0.25) is 10.0 Å². The van der Waals surface area contributed by atoms with Crippen molar-refractivity contribution in [2.75, 3.05) is 12.3 Å². The summed E-state index contributed by atoms with van der Waals surface area (Å²) in [6.07, 6.45) is 4.78. The fourth-order valence-electron chi connectivity index (χ4n) is 2.51. The zero-order valence-corrected chi connectivity index (χ0v) is 9.17. The van der Waals surface area contributed by atoms with Gasteiger partial charge in [0.25, 0.3) is 0 Å². The Morgan fingerprint density at radius 1 is 1.14 bits per heavy atom. The topological polar surface area (TPSA) is 63.4 Å². The fourth-order valence-corrected chi connectivity index (χ4v) is 4.39. The fraction of sp³-hybridized carbons (Fsp3) is 1.00. The summed E-state index contributed by atoms with van der Waals surface area (Å²) in [5.41, 5.74) is 5.92. The van der Waals surface area contributed by atoms with Crippen molar-refractivity contribution in [3.63, 3.8) is 0 Å². The molecule has 0 amide bonds. The molecule has 2 unspecified atom stereocenters. The van der Waals surface area contributed by atoms with Crippen molar-refractivity contribution >= 4 is 10.0 Å². The van der Waals surface area contributed by atoms with Gasteiger partial charge in [0, 0.05) is 18.6 Å². The standard InChI is InChI=1S/C9H18N2O2S/c10-8-4-3-5-9(8)11-6-1-2-7-14(11,12)13/h8-9H,1-7,10H2. The molecule has 2 aliphatic rings. The van der Waals surface area contributed by atoms with Gasteiger partial charge < -0.3 is 5.73 Å². The molecule has 1 aliphatic heterocycles. The van der Waals surface area contributed by atoms with E-state index in [-0.39, 0.29) is 12.1 Å². The van der Waals surface area contributed by atoms with Crippen LogP contribution in [-0.2, 0) is 10.0 Å². The smallest absolute Gasteiger partial charge is 0.214 e. The number of nitrogens with two attached hydrogens (primary N) is 1. The Morgan fingerprint density at radius 2 is 1.93 bits per heavy atom. The van der Waals surface area contributed by atoms with E-state index in [2.05, 4.69) is 0 Å². The molecule has 2 N–H and O–H groups in total. The third kappa shape index (κ3) is 1.81. The summed E-state index contributed by atoms with van der Waals surface area (Å²) in [4.78, 5) is 0. The van der Waals surface area contributed by atoms with Crippen LogP contribution in [-0.4, -0.2) is 37.1 Å².